The van der Waals surface area contributed by atoms with Gasteiger partial charge in [-0.25, -0.2) is 13.2 Å². The van der Waals surface area contributed by atoms with E-state index < -0.39 is 27.7 Å². The summed E-state index contributed by atoms with van der Waals surface area (Å²) in [5.74, 6) is -1.50. The van der Waals surface area contributed by atoms with Crippen molar-refractivity contribution in [3.05, 3.63) is 65.2 Å². The van der Waals surface area contributed by atoms with Gasteiger partial charge in [0, 0.05) is 12.6 Å². The van der Waals surface area contributed by atoms with Crippen LogP contribution in [0.2, 0.25) is 0 Å². The molecule has 0 aliphatic heterocycles. The Hall–Kier alpha value is -3.01. The fraction of sp³-hybridized carbons (Fsp3) is 0.375. The number of carboxylic acid groups (broad SMARTS) is 1. The Balaban J connectivity index is 2.42. The molecule has 0 amide bonds. The zero-order chi connectivity index (χ0) is 25.5. The molecule has 0 fully saturated rings. The van der Waals surface area contributed by atoms with Crippen LogP contribution in [0.3, 0.4) is 0 Å². The van der Waals surface area contributed by atoms with E-state index in [1.165, 1.54) is 6.08 Å². The van der Waals surface area contributed by atoms with Crippen LogP contribution in [0.4, 0.5) is 18.9 Å². The molecular weight excluding hydrogens is 471 g/mol. The molecule has 0 radical (unpaired) electrons. The average Bonchev–Trinajstić information content (AvgIpc) is 2.74. The second-order valence-electron chi connectivity index (χ2n) is 8.12. The fourth-order valence-electron chi connectivity index (χ4n) is 3.13. The van der Waals surface area contributed by atoms with Crippen LogP contribution in [-0.4, -0.2) is 31.8 Å². The van der Waals surface area contributed by atoms with Crippen molar-refractivity contribution < 1.29 is 36.2 Å². The molecule has 0 saturated carbocycles. The Labute approximate surface area is 197 Å². The molecule has 10 heteroatoms. The molecule has 0 heterocycles. The van der Waals surface area contributed by atoms with E-state index in [0.717, 1.165) is 28.6 Å². The minimum absolute atomic E-state index is 0.0520. The summed E-state index contributed by atoms with van der Waals surface area (Å²) in [6.07, 6.45) is -1.88. The van der Waals surface area contributed by atoms with E-state index in [0.29, 0.717) is 17.5 Å². The zero-order valence-electron chi connectivity index (χ0n) is 19.2. The Morgan fingerprint density at radius 3 is 2.32 bits per heavy atom. The first kappa shape index (κ1) is 27.2. The number of rotatable bonds is 11. The van der Waals surface area contributed by atoms with Crippen molar-refractivity contribution in [1.82, 2.24) is 0 Å². The molecule has 0 saturated heterocycles. The van der Waals surface area contributed by atoms with E-state index in [1.807, 2.05) is 13.8 Å². The monoisotopic (exact) mass is 499 g/mol. The molecule has 0 aliphatic rings. The topological polar surface area (TPSA) is 83.9 Å². The van der Waals surface area contributed by atoms with Crippen molar-refractivity contribution >= 4 is 27.8 Å². The van der Waals surface area contributed by atoms with Crippen molar-refractivity contribution in [1.29, 1.82) is 0 Å². The highest BCUT2D eigenvalue weighted by atomic mass is 32.2. The van der Waals surface area contributed by atoms with Gasteiger partial charge in [0.05, 0.1) is 17.0 Å². The molecule has 0 spiro atoms. The van der Waals surface area contributed by atoms with Crippen molar-refractivity contribution in [2.24, 2.45) is 5.92 Å². The van der Waals surface area contributed by atoms with Crippen molar-refractivity contribution in [2.75, 3.05) is 16.6 Å². The smallest absolute Gasteiger partial charge is 0.416 e. The van der Waals surface area contributed by atoms with Crippen molar-refractivity contribution in [3.63, 3.8) is 0 Å². The maximum absolute atomic E-state index is 13.4. The zero-order valence-corrected chi connectivity index (χ0v) is 20.0. The molecular formula is C24H28F3NO5S. The Kier molecular flexibility index (Phi) is 9.14. The number of halogens is 3. The number of nitrogens with zero attached hydrogens (tertiary/aromatic N) is 1. The molecule has 0 unspecified atom stereocenters. The van der Waals surface area contributed by atoms with Gasteiger partial charge in [0.1, 0.15) is 12.4 Å². The van der Waals surface area contributed by atoms with Crippen LogP contribution in [0.1, 0.15) is 43.9 Å². The number of hydrogen-bond acceptors (Lipinski definition) is 4. The van der Waals surface area contributed by atoms with Crippen LogP contribution in [0.15, 0.2) is 48.5 Å². The molecule has 0 aromatic heterocycles. The summed E-state index contributed by atoms with van der Waals surface area (Å²) in [5, 5.41) is 8.70. The first-order valence-corrected chi connectivity index (χ1v) is 12.3. The molecule has 1 N–H and O–H groups in total. The molecule has 0 bridgehead atoms. The van der Waals surface area contributed by atoms with Gasteiger partial charge >= 0.3 is 12.1 Å². The lowest BCUT2D eigenvalue weighted by Gasteiger charge is -2.28. The second-order valence-corrected chi connectivity index (χ2v) is 10.1. The van der Waals surface area contributed by atoms with Crippen LogP contribution >= 0.6 is 0 Å². The lowest BCUT2D eigenvalue weighted by Crippen LogP contribution is -2.36. The third-order valence-electron chi connectivity index (χ3n) is 4.68. The quantitative estimate of drug-likeness (QED) is 0.408. The van der Waals surface area contributed by atoms with Gasteiger partial charge in [-0.1, -0.05) is 45.0 Å². The van der Waals surface area contributed by atoms with Crippen LogP contribution in [0, 0.1) is 5.92 Å². The maximum atomic E-state index is 13.4. The normalized spacial score (nSPS) is 12.3. The summed E-state index contributed by atoms with van der Waals surface area (Å²) >= 11 is 0. The van der Waals surface area contributed by atoms with Gasteiger partial charge in [-0.2, -0.15) is 13.2 Å². The summed E-state index contributed by atoms with van der Waals surface area (Å²) in [6.45, 7) is 5.33. The molecule has 6 nitrogen and oxygen atoms in total. The molecule has 0 aliphatic carbocycles. The van der Waals surface area contributed by atoms with Gasteiger partial charge in [-0.15, -0.1) is 0 Å². The van der Waals surface area contributed by atoms with Gasteiger partial charge in [-0.3, -0.25) is 4.31 Å². The number of sulfonamides is 1. The Morgan fingerprint density at radius 2 is 1.79 bits per heavy atom. The minimum atomic E-state index is -4.63. The highest BCUT2D eigenvalue weighted by molar-refractivity contribution is 7.92. The van der Waals surface area contributed by atoms with E-state index in [4.69, 9.17) is 9.84 Å². The molecule has 2 aromatic carbocycles. The van der Waals surface area contributed by atoms with E-state index in [9.17, 15) is 26.4 Å². The number of benzene rings is 2. The molecule has 2 rings (SSSR count). The molecule has 0 atom stereocenters. The fourth-order valence-corrected chi connectivity index (χ4v) is 4.84. The molecule has 186 valence electrons. The van der Waals surface area contributed by atoms with Gasteiger partial charge in [0.2, 0.25) is 10.0 Å². The van der Waals surface area contributed by atoms with Crippen molar-refractivity contribution in [3.8, 4) is 5.75 Å². The summed E-state index contributed by atoms with van der Waals surface area (Å²) in [7, 11) is -3.78. The SMILES string of the molecule is CCCS(=O)(=O)N(CC(C)C)c1ccc(C(F)(F)F)cc1OCc1ccc(C=CC(=O)O)cc1. The van der Waals surface area contributed by atoms with E-state index in [2.05, 4.69) is 0 Å². The predicted molar refractivity (Wildman–Crippen MR) is 125 cm³/mol. The Bertz CT molecular complexity index is 1110. The highest BCUT2D eigenvalue weighted by Crippen LogP contribution is 2.38. The summed E-state index contributed by atoms with van der Waals surface area (Å²) in [4.78, 5) is 10.6. The number of hydrogen-bond donors (Lipinski definition) is 1. The summed E-state index contributed by atoms with van der Waals surface area (Å²) < 4.78 is 72.8. The van der Waals surface area contributed by atoms with Crippen LogP contribution in [0.5, 0.6) is 5.75 Å². The lowest BCUT2D eigenvalue weighted by atomic mass is 10.1. The standard InChI is InChI=1S/C24H28F3NO5S/c1-4-13-34(31,32)28(15-17(2)3)21-11-10-20(24(25,26)27)14-22(21)33-16-19-7-5-18(6-8-19)9-12-23(29)30/h5-12,14,17H,4,13,15-16H2,1-3H3,(H,29,30). The summed E-state index contributed by atoms with van der Waals surface area (Å²) in [5.41, 5.74) is 0.344. The van der Waals surface area contributed by atoms with Crippen molar-refractivity contribution in [2.45, 2.75) is 40.0 Å². The predicted octanol–water partition coefficient (Wildman–Crippen LogP) is 5.58. The third-order valence-corrected chi connectivity index (χ3v) is 6.62. The number of alkyl halides is 3. The Morgan fingerprint density at radius 1 is 1.15 bits per heavy atom. The number of aliphatic carboxylic acids is 1. The van der Waals surface area contributed by atoms with E-state index in [1.54, 1.807) is 31.2 Å². The first-order valence-electron chi connectivity index (χ1n) is 10.7. The summed E-state index contributed by atoms with van der Waals surface area (Å²) in [6, 6.07) is 9.37. The largest absolute Gasteiger partial charge is 0.487 e. The molecule has 34 heavy (non-hydrogen) atoms. The van der Waals surface area contributed by atoms with Crippen LogP contribution in [0.25, 0.3) is 6.08 Å². The number of carbonyl (C=O) groups is 1. The number of ether oxygens (including phenoxy) is 1. The molecule has 2 aromatic rings. The van der Waals surface area contributed by atoms with Gasteiger partial charge < -0.3 is 9.84 Å². The second kappa shape index (κ2) is 11.4. The average molecular weight is 500 g/mol. The number of carboxylic acids is 1. The van der Waals surface area contributed by atoms with Gasteiger partial charge in [0.15, 0.2) is 0 Å². The van der Waals surface area contributed by atoms with E-state index >= 15 is 0 Å². The third kappa shape index (κ3) is 7.79. The highest BCUT2D eigenvalue weighted by Gasteiger charge is 2.33. The number of anilines is 1. The lowest BCUT2D eigenvalue weighted by molar-refractivity contribution is -0.137. The van der Waals surface area contributed by atoms with Crippen LogP contribution < -0.4 is 9.04 Å². The minimum Gasteiger partial charge on any atom is -0.487 e. The van der Waals surface area contributed by atoms with Gasteiger partial charge in [0.25, 0.3) is 0 Å². The first-order chi connectivity index (χ1) is 15.8. The van der Waals surface area contributed by atoms with Gasteiger partial charge in [-0.05, 0) is 47.7 Å². The maximum Gasteiger partial charge on any atom is 0.416 e. The van der Waals surface area contributed by atoms with E-state index in [-0.39, 0.29) is 36.3 Å². The van der Waals surface area contributed by atoms with Crippen LogP contribution in [-0.2, 0) is 27.6 Å².